The third kappa shape index (κ3) is 3.95. The molecule has 1 fully saturated rings. The fraction of sp³-hybridized carbons (Fsp3) is 0.929. The lowest BCUT2D eigenvalue weighted by molar-refractivity contribution is -0.124. The molecule has 0 radical (unpaired) electrons. The second-order valence-corrected chi connectivity index (χ2v) is 5.85. The Labute approximate surface area is 110 Å². The number of aliphatic hydroxyl groups excluding tert-OH is 1. The minimum absolute atomic E-state index is 0.0808. The molecule has 1 aliphatic carbocycles. The van der Waals surface area contributed by atoms with Gasteiger partial charge in [0.15, 0.2) is 0 Å². The van der Waals surface area contributed by atoms with Crippen LogP contribution in [0.15, 0.2) is 0 Å². The molecule has 0 bridgehead atoms. The quantitative estimate of drug-likeness (QED) is 0.673. The van der Waals surface area contributed by atoms with Gasteiger partial charge in [0, 0.05) is 12.0 Å². The topological polar surface area (TPSA) is 75.4 Å². The van der Waals surface area contributed by atoms with E-state index in [1.807, 2.05) is 13.8 Å². The van der Waals surface area contributed by atoms with Crippen LogP contribution in [-0.2, 0) is 4.79 Å². The highest BCUT2D eigenvalue weighted by atomic mass is 16.3. The molecule has 0 heterocycles. The first-order valence-electron chi connectivity index (χ1n) is 7.19. The Bertz CT molecular complexity index is 263. The Hall–Kier alpha value is -0.610. The van der Waals surface area contributed by atoms with E-state index in [9.17, 15) is 9.90 Å². The van der Waals surface area contributed by atoms with Crippen molar-refractivity contribution in [1.29, 1.82) is 0 Å². The van der Waals surface area contributed by atoms with Crippen molar-refractivity contribution < 1.29 is 9.90 Å². The summed E-state index contributed by atoms with van der Waals surface area (Å²) in [7, 11) is 0. The van der Waals surface area contributed by atoms with Crippen LogP contribution in [0.5, 0.6) is 0 Å². The molecular formula is C14H28N2O2. The average molecular weight is 256 g/mol. The van der Waals surface area contributed by atoms with Crippen LogP contribution in [0.25, 0.3) is 0 Å². The molecule has 4 N–H and O–H groups in total. The molecule has 1 saturated carbocycles. The number of carbonyl (C=O) groups excluding carboxylic acids is 1. The SMILES string of the molecule is CCC(C)C(N)C(=O)NCC1(CO)CCCCC1. The number of nitrogens with two attached hydrogens (primary N) is 1. The maximum absolute atomic E-state index is 11.9. The second kappa shape index (κ2) is 7.10. The van der Waals surface area contributed by atoms with E-state index >= 15 is 0 Å². The van der Waals surface area contributed by atoms with Crippen molar-refractivity contribution in [3.05, 3.63) is 0 Å². The number of hydrogen-bond donors (Lipinski definition) is 3. The minimum atomic E-state index is -0.436. The highest BCUT2D eigenvalue weighted by molar-refractivity contribution is 5.81. The Morgan fingerprint density at radius 3 is 2.50 bits per heavy atom. The summed E-state index contributed by atoms with van der Waals surface area (Å²) in [6, 6.07) is -0.436. The zero-order valence-electron chi connectivity index (χ0n) is 11.7. The first-order chi connectivity index (χ1) is 8.54. The third-order valence-electron chi connectivity index (χ3n) is 4.45. The van der Waals surface area contributed by atoms with Crippen molar-refractivity contribution in [2.24, 2.45) is 17.1 Å². The Kier molecular flexibility index (Phi) is 6.09. The van der Waals surface area contributed by atoms with E-state index in [1.54, 1.807) is 0 Å². The average Bonchev–Trinajstić information content (AvgIpc) is 2.44. The Morgan fingerprint density at radius 1 is 1.39 bits per heavy atom. The van der Waals surface area contributed by atoms with Gasteiger partial charge in [-0.25, -0.2) is 0 Å². The molecule has 106 valence electrons. The van der Waals surface area contributed by atoms with Gasteiger partial charge in [0.05, 0.1) is 12.6 Å². The fourth-order valence-corrected chi connectivity index (χ4v) is 2.60. The molecule has 0 aliphatic heterocycles. The number of nitrogens with one attached hydrogen (secondary N) is 1. The van der Waals surface area contributed by atoms with Crippen molar-refractivity contribution in [2.45, 2.75) is 58.4 Å². The van der Waals surface area contributed by atoms with Crippen LogP contribution in [0.2, 0.25) is 0 Å². The summed E-state index contributed by atoms with van der Waals surface area (Å²) in [6.45, 7) is 4.75. The molecule has 0 saturated heterocycles. The van der Waals surface area contributed by atoms with E-state index < -0.39 is 6.04 Å². The zero-order chi connectivity index (χ0) is 13.6. The largest absolute Gasteiger partial charge is 0.396 e. The molecule has 0 aromatic heterocycles. The number of amides is 1. The monoisotopic (exact) mass is 256 g/mol. The first-order valence-corrected chi connectivity index (χ1v) is 7.19. The number of carbonyl (C=O) groups is 1. The van der Waals surface area contributed by atoms with Gasteiger partial charge in [-0.2, -0.15) is 0 Å². The van der Waals surface area contributed by atoms with E-state index in [2.05, 4.69) is 5.32 Å². The highest BCUT2D eigenvalue weighted by Crippen LogP contribution is 2.35. The minimum Gasteiger partial charge on any atom is -0.396 e. The summed E-state index contributed by atoms with van der Waals surface area (Å²) in [5.41, 5.74) is 5.79. The van der Waals surface area contributed by atoms with Crippen LogP contribution in [-0.4, -0.2) is 30.2 Å². The van der Waals surface area contributed by atoms with Gasteiger partial charge in [-0.3, -0.25) is 4.79 Å². The zero-order valence-corrected chi connectivity index (χ0v) is 11.7. The highest BCUT2D eigenvalue weighted by Gasteiger charge is 2.32. The molecule has 18 heavy (non-hydrogen) atoms. The van der Waals surface area contributed by atoms with E-state index in [1.165, 1.54) is 6.42 Å². The van der Waals surface area contributed by atoms with Gasteiger partial charge in [0.2, 0.25) is 5.91 Å². The summed E-state index contributed by atoms with van der Waals surface area (Å²) in [5.74, 6) is 0.115. The predicted molar refractivity (Wildman–Crippen MR) is 73.0 cm³/mol. The lowest BCUT2D eigenvalue weighted by atomic mass is 9.74. The van der Waals surface area contributed by atoms with Gasteiger partial charge in [-0.1, -0.05) is 39.5 Å². The van der Waals surface area contributed by atoms with Crippen molar-refractivity contribution in [2.75, 3.05) is 13.2 Å². The predicted octanol–water partition coefficient (Wildman–Crippen LogP) is 1.42. The van der Waals surface area contributed by atoms with E-state index in [-0.39, 0.29) is 23.8 Å². The van der Waals surface area contributed by atoms with E-state index in [4.69, 9.17) is 5.73 Å². The molecule has 0 spiro atoms. The molecule has 0 aromatic rings. The summed E-state index contributed by atoms with van der Waals surface area (Å²) >= 11 is 0. The van der Waals surface area contributed by atoms with Gasteiger partial charge < -0.3 is 16.2 Å². The van der Waals surface area contributed by atoms with Gasteiger partial charge in [-0.15, -0.1) is 0 Å². The molecule has 1 aliphatic rings. The molecule has 4 nitrogen and oxygen atoms in total. The Balaban J connectivity index is 2.45. The van der Waals surface area contributed by atoms with Crippen molar-refractivity contribution in [1.82, 2.24) is 5.32 Å². The van der Waals surface area contributed by atoms with Crippen LogP contribution < -0.4 is 11.1 Å². The van der Waals surface area contributed by atoms with Gasteiger partial charge in [-0.05, 0) is 18.8 Å². The number of hydrogen-bond acceptors (Lipinski definition) is 3. The van der Waals surface area contributed by atoms with E-state index in [0.717, 1.165) is 32.1 Å². The fourth-order valence-electron chi connectivity index (χ4n) is 2.60. The maximum Gasteiger partial charge on any atom is 0.237 e. The molecule has 0 aromatic carbocycles. The van der Waals surface area contributed by atoms with Crippen LogP contribution in [0.4, 0.5) is 0 Å². The normalized spacial score (nSPS) is 22.2. The third-order valence-corrected chi connectivity index (χ3v) is 4.45. The van der Waals surface area contributed by atoms with Gasteiger partial charge in [0.25, 0.3) is 0 Å². The van der Waals surface area contributed by atoms with E-state index in [0.29, 0.717) is 6.54 Å². The van der Waals surface area contributed by atoms with Crippen LogP contribution in [0.1, 0.15) is 52.4 Å². The molecule has 2 atom stereocenters. The maximum atomic E-state index is 11.9. The van der Waals surface area contributed by atoms with Crippen LogP contribution >= 0.6 is 0 Å². The lowest BCUT2D eigenvalue weighted by Crippen LogP contribution is -2.49. The summed E-state index contributed by atoms with van der Waals surface area (Å²) in [4.78, 5) is 11.9. The second-order valence-electron chi connectivity index (χ2n) is 5.85. The molecule has 1 amide bonds. The van der Waals surface area contributed by atoms with Gasteiger partial charge >= 0.3 is 0 Å². The number of rotatable bonds is 6. The van der Waals surface area contributed by atoms with Gasteiger partial charge in [0.1, 0.15) is 0 Å². The first kappa shape index (κ1) is 15.4. The molecule has 4 heteroatoms. The van der Waals surface area contributed by atoms with Crippen molar-refractivity contribution >= 4 is 5.91 Å². The van der Waals surface area contributed by atoms with Crippen LogP contribution in [0, 0.1) is 11.3 Å². The molecule has 2 unspecified atom stereocenters. The smallest absolute Gasteiger partial charge is 0.237 e. The lowest BCUT2D eigenvalue weighted by Gasteiger charge is -2.36. The van der Waals surface area contributed by atoms with Crippen LogP contribution in [0.3, 0.4) is 0 Å². The summed E-state index contributed by atoms with van der Waals surface area (Å²) in [5, 5.41) is 12.5. The Morgan fingerprint density at radius 2 is 2.00 bits per heavy atom. The summed E-state index contributed by atoms with van der Waals surface area (Å²) < 4.78 is 0. The number of aliphatic hydroxyl groups is 1. The summed E-state index contributed by atoms with van der Waals surface area (Å²) in [6.07, 6.45) is 6.44. The molecular weight excluding hydrogens is 228 g/mol. The van der Waals surface area contributed by atoms with Crippen molar-refractivity contribution in [3.8, 4) is 0 Å². The standard InChI is InChI=1S/C14H28N2O2/c1-3-11(2)12(15)13(18)16-9-14(10-17)7-5-4-6-8-14/h11-12,17H,3-10,15H2,1-2H3,(H,16,18). The molecule has 1 rings (SSSR count). The van der Waals surface area contributed by atoms with Crippen molar-refractivity contribution in [3.63, 3.8) is 0 Å².